The van der Waals surface area contributed by atoms with Gasteiger partial charge in [-0.25, -0.2) is 0 Å². The van der Waals surface area contributed by atoms with E-state index >= 15 is 0 Å². The fourth-order valence-corrected chi connectivity index (χ4v) is 2.68. The predicted molar refractivity (Wildman–Crippen MR) is 105 cm³/mol. The van der Waals surface area contributed by atoms with Crippen LogP contribution in [0.1, 0.15) is 25.3 Å². The van der Waals surface area contributed by atoms with Gasteiger partial charge in [0, 0.05) is 25.5 Å². The molecular formula is C21H26N2O4. The van der Waals surface area contributed by atoms with Crippen LogP contribution in [0.4, 0.5) is 5.69 Å². The Morgan fingerprint density at radius 1 is 0.963 bits per heavy atom. The molecule has 0 aliphatic carbocycles. The third-order valence-corrected chi connectivity index (χ3v) is 4.08. The van der Waals surface area contributed by atoms with Gasteiger partial charge in [-0.15, -0.1) is 0 Å². The lowest BCUT2D eigenvalue weighted by atomic mass is 10.0. The van der Waals surface area contributed by atoms with Crippen LogP contribution in [0.5, 0.6) is 11.5 Å². The summed E-state index contributed by atoms with van der Waals surface area (Å²) >= 11 is 0. The number of benzene rings is 2. The summed E-state index contributed by atoms with van der Waals surface area (Å²) in [7, 11) is 3.10. The molecule has 2 aromatic carbocycles. The molecule has 0 saturated heterocycles. The Labute approximate surface area is 159 Å². The van der Waals surface area contributed by atoms with Gasteiger partial charge in [-0.1, -0.05) is 37.3 Å². The molecule has 144 valence electrons. The van der Waals surface area contributed by atoms with Crippen LogP contribution in [0, 0.1) is 5.92 Å². The summed E-state index contributed by atoms with van der Waals surface area (Å²) in [6.07, 6.45) is 0.536. The van der Waals surface area contributed by atoms with Crippen molar-refractivity contribution in [3.63, 3.8) is 0 Å². The Morgan fingerprint density at radius 3 is 2.33 bits per heavy atom. The lowest BCUT2D eigenvalue weighted by Gasteiger charge is -2.14. The number of carbonyl (C=O) groups excluding carboxylic acids is 2. The molecule has 0 bridgehead atoms. The molecule has 0 aliphatic rings. The second-order valence-corrected chi connectivity index (χ2v) is 6.39. The lowest BCUT2D eigenvalue weighted by molar-refractivity contribution is -0.122. The van der Waals surface area contributed by atoms with Crippen molar-refractivity contribution in [1.82, 2.24) is 5.32 Å². The van der Waals surface area contributed by atoms with E-state index in [2.05, 4.69) is 10.6 Å². The van der Waals surface area contributed by atoms with Crippen molar-refractivity contribution in [2.24, 2.45) is 5.92 Å². The van der Waals surface area contributed by atoms with Crippen LogP contribution in [0.2, 0.25) is 0 Å². The van der Waals surface area contributed by atoms with Crippen molar-refractivity contribution in [3.8, 4) is 11.5 Å². The third-order valence-electron chi connectivity index (χ3n) is 4.08. The molecule has 0 unspecified atom stereocenters. The molecule has 0 saturated carbocycles. The van der Waals surface area contributed by atoms with E-state index in [9.17, 15) is 9.59 Å². The SMILES string of the molecule is COc1ccc(NC(=O)C[C@@H](C)CC(=O)NCc2ccccc2)c(OC)c1. The Morgan fingerprint density at radius 2 is 1.67 bits per heavy atom. The highest BCUT2D eigenvalue weighted by Crippen LogP contribution is 2.29. The smallest absolute Gasteiger partial charge is 0.224 e. The van der Waals surface area contributed by atoms with Crippen molar-refractivity contribution in [2.75, 3.05) is 19.5 Å². The average molecular weight is 370 g/mol. The molecule has 0 aromatic heterocycles. The van der Waals surface area contributed by atoms with Gasteiger partial charge in [-0.05, 0) is 23.6 Å². The van der Waals surface area contributed by atoms with Crippen molar-refractivity contribution in [2.45, 2.75) is 26.3 Å². The molecule has 0 spiro atoms. The molecule has 2 rings (SSSR count). The molecule has 1 atom stereocenters. The minimum absolute atomic E-state index is 0.0684. The van der Waals surface area contributed by atoms with Crippen molar-refractivity contribution < 1.29 is 19.1 Å². The summed E-state index contributed by atoms with van der Waals surface area (Å²) in [5, 5.41) is 5.70. The molecule has 0 aliphatic heterocycles. The topological polar surface area (TPSA) is 76.7 Å². The van der Waals surface area contributed by atoms with Crippen LogP contribution in [-0.4, -0.2) is 26.0 Å². The van der Waals surface area contributed by atoms with Gasteiger partial charge in [-0.2, -0.15) is 0 Å². The van der Waals surface area contributed by atoms with E-state index < -0.39 is 0 Å². The Balaban J connectivity index is 1.80. The summed E-state index contributed by atoms with van der Waals surface area (Å²) in [4.78, 5) is 24.3. The molecule has 2 aromatic rings. The van der Waals surface area contributed by atoms with Crippen molar-refractivity contribution >= 4 is 17.5 Å². The first kappa shape index (κ1) is 20.3. The molecule has 6 nitrogen and oxygen atoms in total. The zero-order valence-electron chi connectivity index (χ0n) is 16.0. The van der Waals surface area contributed by atoms with Crippen LogP contribution in [0.15, 0.2) is 48.5 Å². The number of methoxy groups -OCH3 is 2. The first-order chi connectivity index (χ1) is 13.0. The van der Waals surface area contributed by atoms with Crippen LogP contribution in [-0.2, 0) is 16.1 Å². The average Bonchev–Trinajstić information content (AvgIpc) is 2.67. The fraction of sp³-hybridized carbons (Fsp3) is 0.333. The molecule has 0 radical (unpaired) electrons. The molecule has 27 heavy (non-hydrogen) atoms. The minimum Gasteiger partial charge on any atom is -0.497 e. The maximum Gasteiger partial charge on any atom is 0.224 e. The highest BCUT2D eigenvalue weighted by Gasteiger charge is 2.15. The van der Waals surface area contributed by atoms with Gasteiger partial charge < -0.3 is 20.1 Å². The number of hydrogen-bond acceptors (Lipinski definition) is 4. The molecule has 0 heterocycles. The zero-order chi connectivity index (χ0) is 19.6. The van der Waals surface area contributed by atoms with Gasteiger partial charge in [0.1, 0.15) is 11.5 Å². The van der Waals surface area contributed by atoms with E-state index in [1.807, 2.05) is 37.3 Å². The largest absolute Gasteiger partial charge is 0.497 e. The highest BCUT2D eigenvalue weighted by atomic mass is 16.5. The first-order valence-corrected chi connectivity index (χ1v) is 8.84. The van der Waals surface area contributed by atoms with Gasteiger partial charge in [0.25, 0.3) is 0 Å². The van der Waals surface area contributed by atoms with E-state index in [0.717, 1.165) is 5.56 Å². The number of amides is 2. The van der Waals surface area contributed by atoms with Gasteiger partial charge in [0.2, 0.25) is 11.8 Å². The summed E-state index contributed by atoms with van der Waals surface area (Å²) in [6, 6.07) is 14.9. The second kappa shape index (κ2) is 10.2. The number of anilines is 1. The minimum atomic E-state index is -0.165. The summed E-state index contributed by atoms with van der Waals surface area (Å²) in [5.74, 6) is 0.859. The third kappa shape index (κ3) is 6.66. The van der Waals surface area contributed by atoms with Gasteiger partial charge in [0.05, 0.1) is 19.9 Å². The van der Waals surface area contributed by atoms with Crippen LogP contribution in [0.3, 0.4) is 0 Å². The Bertz CT molecular complexity index is 762. The monoisotopic (exact) mass is 370 g/mol. The van der Waals surface area contributed by atoms with Gasteiger partial charge in [-0.3, -0.25) is 9.59 Å². The summed E-state index contributed by atoms with van der Waals surface area (Å²) in [5.41, 5.74) is 1.62. The molecule has 0 fully saturated rings. The predicted octanol–water partition coefficient (Wildman–Crippen LogP) is 3.38. The summed E-state index contributed by atoms with van der Waals surface area (Å²) < 4.78 is 10.4. The van der Waals surface area contributed by atoms with Crippen molar-refractivity contribution in [1.29, 1.82) is 0 Å². The number of carbonyl (C=O) groups is 2. The van der Waals surface area contributed by atoms with E-state index in [4.69, 9.17) is 9.47 Å². The van der Waals surface area contributed by atoms with Gasteiger partial charge in [0.15, 0.2) is 0 Å². The molecular weight excluding hydrogens is 344 g/mol. The van der Waals surface area contributed by atoms with E-state index in [1.54, 1.807) is 25.3 Å². The zero-order valence-corrected chi connectivity index (χ0v) is 16.0. The standard InChI is InChI=1S/C21H26N2O4/c1-15(11-20(24)22-14-16-7-5-4-6-8-16)12-21(25)23-18-10-9-17(26-2)13-19(18)27-3/h4-10,13,15H,11-12,14H2,1-3H3,(H,22,24)(H,23,25)/t15-/m0/s1. The highest BCUT2D eigenvalue weighted by molar-refractivity contribution is 5.92. The summed E-state index contributed by atoms with van der Waals surface area (Å²) in [6.45, 7) is 2.37. The van der Waals surface area contributed by atoms with E-state index in [1.165, 1.54) is 7.11 Å². The van der Waals surface area contributed by atoms with Crippen LogP contribution in [0.25, 0.3) is 0 Å². The number of ether oxygens (including phenoxy) is 2. The quantitative estimate of drug-likeness (QED) is 0.709. The number of rotatable bonds is 9. The fourth-order valence-electron chi connectivity index (χ4n) is 2.68. The van der Waals surface area contributed by atoms with Crippen LogP contribution < -0.4 is 20.1 Å². The normalized spacial score (nSPS) is 11.4. The molecule has 2 amide bonds. The van der Waals surface area contributed by atoms with Crippen LogP contribution >= 0.6 is 0 Å². The first-order valence-electron chi connectivity index (χ1n) is 8.84. The molecule has 6 heteroatoms. The maximum absolute atomic E-state index is 12.3. The second-order valence-electron chi connectivity index (χ2n) is 6.39. The van der Waals surface area contributed by atoms with Gasteiger partial charge >= 0.3 is 0 Å². The Kier molecular flexibility index (Phi) is 7.67. The number of nitrogens with one attached hydrogen (secondary N) is 2. The molecule has 2 N–H and O–H groups in total. The van der Waals surface area contributed by atoms with E-state index in [-0.39, 0.29) is 24.2 Å². The van der Waals surface area contributed by atoms with Crippen molar-refractivity contribution in [3.05, 3.63) is 54.1 Å². The van der Waals surface area contributed by atoms with E-state index in [0.29, 0.717) is 30.2 Å². The number of hydrogen-bond donors (Lipinski definition) is 2. The lowest BCUT2D eigenvalue weighted by Crippen LogP contribution is -2.26. The maximum atomic E-state index is 12.3. The Hall–Kier alpha value is -3.02.